The number of aryl methyl sites for hydroxylation is 2. The number of fused-ring (bicyclic) bond motifs is 2. The van der Waals surface area contributed by atoms with Gasteiger partial charge in [0.15, 0.2) is 0 Å². The molecule has 0 N–H and O–H groups in total. The van der Waals surface area contributed by atoms with Gasteiger partial charge in [0.2, 0.25) is 0 Å². The van der Waals surface area contributed by atoms with Gasteiger partial charge in [0.1, 0.15) is 5.69 Å². The number of benzene rings is 1. The van der Waals surface area contributed by atoms with Crippen molar-refractivity contribution in [3.8, 4) is 0 Å². The molecule has 3 aromatic rings. The summed E-state index contributed by atoms with van der Waals surface area (Å²) in [5, 5.41) is 0.898. The fraction of sp³-hybridized carbons (Fsp3) is 0.333. The predicted octanol–water partition coefficient (Wildman–Crippen LogP) is 2.38. The van der Waals surface area contributed by atoms with E-state index in [0.717, 1.165) is 21.2 Å². The van der Waals surface area contributed by atoms with E-state index in [-0.39, 0.29) is 11.5 Å². The van der Waals surface area contributed by atoms with Crippen molar-refractivity contribution >= 4 is 27.5 Å². The molecule has 1 aromatic carbocycles. The van der Waals surface area contributed by atoms with Crippen LogP contribution in [0.3, 0.4) is 0 Å². The molecular formula is C18H18N4O2S. The number of amides is 1. The van der Waals surface area contributed by atoms with Gasteiger partial charge in [-0.15, -0.1) is 0 Å². The molecule has 2 aromatic heterocycles. The van der Waals surface area contributed by atoms with Crippen LogP contribution in [-0.2, 0) is 19.5 Å². The summed E-state index contributed by atoms with van der Waals surface area (Å²) < 4.78 is 6.99. The van der Waals surface area contributed by atoms with Crippen molar-refractivity contribution in [2.45, 2.75) is 33.4 Å². The highest BCUT2D eigenvalue weighted by molar-refractivity contribution is 7.13. The van der Waals surface area contributed by atoms with Crippen molar-refractivity contribution in [3.63, 3.8) is 0 Å². The summed E-state index contributed by atoms with van der Waals surface area (Å²) in [5.74, 6) is -0.0935. The monoisotopic (exact) mass is 354 g/mol. The van der Waals surface area contributed by atoms with E-state index in [0.29, 0.717) is 37.4 Å². The average molecular weight is 354 g/mol. The Morgan fingerprint density at radius 2 is 2.20 bits per heavy atom. The van der Waals surface area contributed by atoms with Crippen molar-refractivity contribution in [2.24, 2.45) is 0 Å². The molecule has 0 bridgehead atoms. The molecule has 0 saturated carbocycles. The molecule has 0 aliphatic carbocycles. The van der Waals surface area contributed by atoms with E-state index >= 15 is 0 Å². The van der Waals surface area contributed by atoms with Crippen LogP contribution in [0.4, 0.5) is 0 Å². The van der Waals surface area contributed by atoms with E-state index in [1.54, 1.807) is 15.8 Å². The molecule has 6 nitrogen and oxygen atoms in total. The van der Waals surface area contributed by atoms with Crippen molar-refractivity contribution in [1.82, 2.24) is 18.8 Å². The summed E-state index contributed by atoms with van der Waals surface area (Å²) in [7, 11) is 0. The number of nitrogens with zero attached hydrogens (tertiary/aromatic N) is 4. The second-order valence-corrected chi connectivity index (χ2v) is 7.07. The van der Waals surface area contributed by atoms with Crippen LogP contribution in [0, 0.1) is 6.92 Å². The Morgan fingerprint density at radius 1 is 1.36 bits per heavy atom. The highest BCUT2D eigenvalue weighted by Crippen LogP contribution is 2.26. The highest BCUT2D eigenvalue weighted by Gasteiger charge is 2.27. The average Bonchev–Trinajstić information content (AvgIpc) is 3.04. The van der Waals surface area contributed by atoms with Gasteiger partial charge in [-0.1, -0.05) is 11.6 Å². The molecule has 1 amide bonds. The molecule has 1 aliphatic rings. The summed E-state index contributed by atoms with van der Waals surface area (Å²) in [6.07, 6.45) is 2.10. The molecule has 25 heavy (non-hydrogen) atoms. The summed E-state index contributed by atoms with van der Waals surface area (Å²) in [5.41, 5.74) is 3.04. The number of rotatable bonds is 2. The summed E-state index contributed by atoms with van der Waals surface area (Å²) in [6.45, 7) is 5.40. The maximum atomic E-state index is 13.0. The van der Waals surface area contributed by atoms with Gasteiger partial charge in [-0.2, -0.15) is 4.37 Å². The first-order valence-corrected chi connectivity index (χ1v) is 9.08. The molecule has 0 unspecified atom stereocenters. The van der Waals surface area contributed by atoms with Gasteiger partial charge >= 0.3 is 0 Å². The number of carbonyl (C=O) groups is 1. The van der Waals surface area contributed by atoms with Crippen LogP contribution >= 0.6 is 11.5 Å². The number of carbonyl (C=O) groups excluding carboxylic acids is 1. The normalized spacial score (nSPS) is 13.9. The van der Waals surface area contributed by atoms with Crippen molar-refractivity contribution in [1.29, 1.82) is 0 Å². The van der Waals surface area contributed by atoms with Gasteiger partial charge < -0.3 is 4.90 Å². The number of aromatic nitrogens is 3. The van der Waals surface area contributed by atoms with Crippen molar-refractivity contribution < 1.29 is 4.79 Å². The molecule has 128 valence electrons. The lowest BCUT2D eigenvalue weighted by Crippen LogP contribution is -2.40. The van der Waals surface area contributed by atoms with E-state index in [1.807, 2.05) is 32.0 Å². The molecule has 0 atom stereocenters. The number of hydrogen-bond acceptors (Lipinski definition) is 5. The second-order valence-electron chi connectivity index (χ2n) is 6.27. The van der Waals surface area contributed by atoms with E-state index in [9.17, 15) is 9.59 Å². The molecule has 4 rings (SSSR count). The minimum atomic E-state index is -0.0935. The molecule has 3 heterocycles. The zero-order chi connectivity index (χ0) is 17.6. The Hall–Kier alpha value is -2.54. The lowest BCUT2D eigenvalue weighted by Gasteiger charge is -2.27. The van der Waals surface area contributed by atoms with Gasteiger partial charge in [0.05, 0.1) is 23.3 Å². The summed E-state index contributed by atoms with van der Waals surface area (Å²) >= 11 is 1.34. The van der Waals surface area contributed by atoms with Gasteiger partial charge in [-0.05, 0) is 43.9 Å². The first-order valence-electron chi connectivity index (χ1n) is 8.31. The second kappa shape index (κ2) is 6.07. The van der Waals surface area contributed by atoms with Gasteiger partial charge in [0, 0.05) is 24.0 Å². The van der Waals surface area contributed by atoms with E-state index in [4.69, 9.17) is 0 Å². The zero-order valence-corrected chi connectivity index (χ0v) is 15.0. The number of hydrogen-bond donors (Lipinski definition) is 0. The Balaban J connectivity index is 1.67. The Labute approximate surface area is 148 Å². The van der Waals surface area contributed by atoms with Gasteiger partial charge in [-0.3, -0.25) is 14.2 Å². The Kier molecular flexibility index (Phi) is 3.88. The van der Waals surface area contributed by atoms with Crippen LogP contribution in [0.15, 0.2) is 29.3 Å². The predicted molar refractivity (Wildman–Crippen MR) is 97.0 cm³/mol. The standard InChI is InChI=1S/C18H18N4O2S/c1-3-21-10-19-14-9-22(7-6-12(14)17(21)23)18(24)16-13-8-11(2)4-5-15(13)25-20-16/h4-5,8,10H,3,6-7,9H2,1-2H3. The fourth-order valence-electron chi connectivity index (χ4n) is 3.22. The summed E-state index contributed by atoms with van der Waals surface area (Å²) in [6, 6.07) is 6.02. The molecule has 0 fully saturated rings. The van der Waals surface area contributed by atoms with Gasteiger partial charge in [0.25, 0.3) is 11.5 Å². The minimum Gasteiger partial charge on any atom is -0.331 e. The molecule has 7 heteroatoms. The van der Waals surface area contributed by atoms with Crippen molar-refractivity contribution in [3.05, 3.63) is 57.4 Å². The maximum absolute atomic E-state index is 13.0. The van der Waals surface area contributed by atoms with Crippen LogP contribution in [0.2, 0.25) is 0 Å². The Morgan fingerprint density at radius 3 is 3.00 bits per heavy atom. The third-order valence-electron chi connectivity index (χ3n) is 4.65. The third-order valence-corrected chi connectivity index (χ3v) is 5.48. The molecular weight excluding hydrogens is 336 g/mol. The van der Waals surface area contributed by atoms with Crippen LogP contribution in [0.25, 0.3) is 10.1 Å². The quantitative estimate of drug-likeness (QED) is 0.709. The van der Waals surface area contributed by atoms with Crippen LogP contribution in [0.5, 0.6) is 0 Å². The Bertz CT molecular complexity index is 1040. The van der Waals surface area contributed by atoms with E-state index < -0.39 is 0 Å². The molecule has 0 spiro atoms. The molecule has 1 aliphatic heterocycles. The third kappa shape index (κ3) is 2.64. The lowest BCUT2D eigenvalue weighted by molar-refractivity contribution is 0.0728. The first kappa shape index (κ1) is 16.0. The van der Waals surface area contributed by atoms with Crippen LogP contribution in [0.1, 0.15) is 34.2 Å². The van der Waals surface area contributed by atoms with E-state index in [1.165, 1.54) is 11.5 Å². The van der Waals surface area contributed by atoms with Crippen molar-refractivity contribution in [2.75, 3.05) is 6.54 Å². The summed E-state index contributed by atoms with van der Waals surface area (Å²) in [4.78, 5) is 31.5. The highest BCUT2D eigenvalue weighted by atomic mass is 32.1. The zero-order valence-electron chi connectivity index (χ0n) is 14.2. The smallest absolute Gasteiger partial charge is 0.274 e. The minimum absolute atomic E-state index is 0.00864. The SMILES string of the molecule is CCn1cnc2c(c1=O)CCN(C(=O)c1nsc3ccc(C)cc13)C2. The van der Waals surface area contributed by atoms with Crippen LogP contribution < -0.4 is 5.56 Å². The van der Waals surface area contributed by atoms with Gasteiger partial charge in [-0.25, -0.2) is 4.98 Å². The largest absolute Gasteiger partial charge is 0.331 e. The topological polar surface area (TPSA) is 68.1 Å². The lowest BCUT2D eigenvalue weighted by atomic mass is 10.1. The van der Waals surface area contributed by atoms with E-state index in [2.05, 4.69) is 9.36 Å². The molecule has 0 saturated heterocycles. The first-order chi connectivity index (χ1) is 12.1. The van der Waals surface area contributed by atoms with Crippen LogP contribution in [-0.4, -0.2) is 31.3 Å². The molecule has 0 radical (unpaired) electrons. The maximum Gasteiger partial charge on any atom is 0.274 e. The fourth-order valence-corrected chi connectivity index (χ4v) is 3.96.